The molecule has 0 unspecified atom stereocenters. The normalized spacial score (nSPS) is 32.0. The number of carboxylic acids is 1. The predicted octanol–water partition coefficient (Wildman–Crippen LogP) is 2.50. The molecule has 0 aromatic carbocycles. The molecule has 108 valence electrons. The van der Waals surface area contributed by atoms with Gasteiger partial charge in [0, 0.05) is 4.88 Å². The SMILES string of the molecule is O=C(O)[C@H]1C2CCC(CC2)[C@@H]1C(=O)NCc1cccs1. The van der Waals surface area contributed by atoms with Crippen LogP contribution in [0.1, 0.15) is 30.6 Å². The molecule has 4 nitrogen and oxygen atoms in total. The maximum Gasteiger partial charge on any atom is 0.307 e. The predicted molar refractivity (Wildman–Crippen MR) is 76.2 cm³/mol. The second kappa shape index (κ2) is 5.56. The standard InChI is InChI=1S/C15H19NO3S/c17-14(16-8-11-2-1-7-20-11)12-9-3-5-10(6-4-9)13(12)15(18)19/h1-2,7,9-10,12-13H,3-6,8H2,(H,16,17)(H,18,19)/t9?,10?,12-,13-/m0/s1. The molecule has 0 aliphatic heterocycles. The van der Waals surface area contributed by atoms with E-state index in [-0.39, 0.29) is 23.7 Å². The fourth-order valence-electron chi connectivity index (χ4n) is 3.89. The first-order valence-corrected chi connectivity index (χ1v) is 8.07. The maximum atomic E-state index is 12.4. The summed E-state index contributed by atoms with van der Waals surface area (Å²) in [6.07, 6.45) is 3.95. The summed E-state index contributed by atoms with van der Waals surface area (Å²) in [6, 6.07) is 3.93. The van der Waals surface area contributed by atoms with Crippen LogP contribution in [0.3, 0.4) is 0 Å². The average Bonchev–Trinajstić information content (AvgIpc) is 2.98. The minimum Gasteiger partial charge on any atom is -0.481 e. The van der Waals surface area contributed by atoms with E-state index in [4.69, 9.17) is 0 Å². The number of carbonyl (C=O) groups excluding carboxylic acids is 1. The molecule has 20 heavy (non-hydrogen) atoms. The van der Waals surface area contributed by atoms with Gasteiger partial charge in [-0.2, -0.15) is 0 Å². The van der Waals surface area contributed by atoms with Gasteiger partial charge >= 0.3 is 5.97 Å². The van der Waals surface area contributed by atoms with Crippen LogP contribution in [-0.2, 0) is 16.1 Å². The number of rotatable bonds is 4. The molecule has 0 saturated heterocycles. The molecule has 1 amide bonds. The van der Waals surface area contributed by atoms with Gasteiger partial charge in [-0.25, -0.2) is 0 Å². The van der Waals surface area contributed by atoms with E-state index in [1.54, 1.807) is 11.3 Å². The van der Waals surface area contributed by atoms with Gasteiger partial charge in [0.2, 0.25) is 5.91 Å². The summed E-state index contributed by atoms with van der Waals surface area (Å²) < 4.78 is 0. The molecule has 4 rings (SSSR count). The van der Waals surface area contributed by atoms with E-state index in [1.165, 1.54) is 0 Å². The van der Waals surface area contributed by atoms with E-state index >= 15 is 0 Å². The molecule has 1 aromatic heterocycles. The number of nitrogens with one attached hydrogen (secondary N) is 1. The van der Waals surface area contributed by atoms with Crippen molar-refractivity contribution >= 4 is 23.2 Å². The number of thiophene rings is 1. The molecule has 3 aliphatic carbocycles. The zero-order valence-electron chi connectivity index (χ0n) is 11.2. The van der Waals surface area contributed by atoms with Gasteiger partial charge in [0.1, 0.15) is 0 Å². The van der Waals surface area contributed by atoms with Crippen LogP contribution in [0.4, 0.5) is 0 Å². The van der Waals surface area contributed by atoms with Gasteiger partial charge in [-0.15, -0.1) is 11.3 Å². The van der Waals surface area contributed by atoms with Crippen LogP contribution in [0, 0.1) is 23.7 Å². The van der Waals surface area contributed by atoms with Crippen molar-refractivity contribution in [3.63, 3.8) is 0 Å². The Labute approximate surface area is 122 Å². The molecule has 3 fully saturated rings. The van der Waals surface area contributed by atoms with E-state index in [9.17, 15) is 14.7 Å². The largest absolute Gasteiger partial charge is 0.481 e. The van der Waals surface area contributed by atoms with Crippen LogP contribution in [0.25, 0.3) is 0 Å². The lowest BCUT2D eigenvalue weighted by Gasteiger charge is -2.45. The van der Waals surface area contributed by atoms with Crippen molar-refractivity contribution in [1.29, 1.82) is 0 Å². The van der Waals surface area contributed by atoms with Gasteiger partial charge in [0.25, 0.3) is 0 Å². The number of carbonyl (C=O) groups is 2. The molecule has 3 saturated carbocycles. The Morgan fingerprint density at radius 1 is 1.20 bits per heavy atom. The molecule has 0 spiro atoms. The monoisotopic (exact) mass is 293 g/mol. The van der Waals surface area contributed by atoms with E-state index in [0.29, 0.717) is 6.54 Å². The molecule has 1 aromatic rings. The molecule has 0 radical (unpaired) electrons. The molecule has 3 aliphatic rings. The number of hydrogen-bond donors (Lipinski definition) is 2. The lowest BCUT2D eigenvalue weighted by Crippen LogP contribution is -2.50. The van der Waals surface area contributed by atoms with Gasteiger partial charge in [-0.05, 0) is 49.0 Å². The second-order valence-corrected chi connectivity index (χ2v) is 6.89. The van der Waals surface area contributed by atoms with E-state index in [2.05, 4.69) is 5.32 Å². The topological polar surface area (TPSA) is 66.4 Å². The first kappa shape index (κ1) is 13.6. The highest BCUT2D eigenvalue weighted by Gasteiger charge is 2.50. The van der Waals surface area contributed by atoms with Crippen LogP contribution >= 0.6 is 11.3 Å². The molecule has 2 atom stereocenters. The van der Waals surface area contributed by atoms with Crippen molar-refractivity contribution in [3.05, 3.63) is 22.4 Å². The maximum absolute atomic E-state index is 12.4. The molecule has 2 N–H and O–H groups in total. The zero-order valence-corrected chi connectivity index (χ0v) is 12.1. The minimum absolute atomic E-state index is 0.0693. The van der Waals surface area contributed by atoms with Crippen molar-refractivity contribution in [2.45, 2.75) is 32.2 Å². The lowest BCUT2D eigenvalue weighted by atomic mass is 9.58. The third-order valence-corrected chi connectivity index (χ3v) is 5.70. The summed E-state index contributed by atoms with van der Waals surface area (Å²) in [6.45, 7) is 0.511. The van der Waals surface area contributed by atoms with Gasteiger partial charge in [0.05, 0.1) is 18.4 Å². The Bertz CT molecular complexity index is 491. The Balaban J connectivity index is 1.70. The third-order valence-electron chi connectivity index (χ3n) is 4.82. The van der Waals surface area contributed by atoms with Gasteiger partial charge in [-0.3, -0.25) is 9.59 Å². The number of fused-ring (bicyclic) bond motifs is 3. The number of aliphatic carboxylic acids is 1. The molecule has 1 heterocycles. The quantitative estimate of drug-likeness (QED) is 0.896. The first-order valence-electron chi connectivity index (χ1n) is 7.19. The van der Waals surface area contributed by atoms with Gasteiger partial charge in [-0.1, -0.05) is 6.07 Å². The third kappa shape index (κ3) is 2.46. The van der Waals surface area contributed by atoms with Gasteiger partial charge < -0.3 is 10.4 Å². The summed E-state index contributed by atoms with van der Waals surface area (Å²) in [7, 11) is 0. The highest BCUT2D eigenvalue weighted by Crippen LogP contribution is 2.49. The number of amides is 1. The summed E-state index contributed by atoms with van der Waals surface area (Å²) in [5, 5.41) is 14.4. The zero-order chi connectivity index (χ0) is 14.1. The van der Waals surface area contributed by atoms with Crippen LogP contribution < -0.4 is 5.32 Å². The van der Waals surface area contributed by atoms with Gasteiger partial charge in [0.15, 0.2) is 0 Å². The Hall–Kier alpha value is -1.36. The summed E-state index contributed by atoms with van der Waals surface area (Å²) in [4.78, 5) is 25.0. The van der Waals surface area contributed by atoms with Crippen molar-refractivity contribution < 1.29 is 14.7 Å². The molecular formula is C15H19NO3S. The van der Waals surface area contributed by atoms with Crippen LogP contribution in [0.5, 0.6) is 0 Å². The van der Waals surface area contributed by atoms with E-state index in [0.717, 1.165) is 30.6 Å². The van der Waals surface area contributed by atoms with E-state index < -0.39 is 11.9 Å². The minimum atomic E-state index is -0.796. The summed E-state index contributed by atoms with van der Waals surface area (Å²) in [5.41, 5.74) is 0. The first-order chi connectivity index (χ1) is 9.66. The summed E-state index contributed by atoms with van der Waals surface area (Å²) >= 11 is 1.60. The van der Waals surface area contributed by atoms with Crippen LogP contribution in [0.2, 0.25) is 0 Å². The Morgan fingerprint density at radius 3 is 2.40 bits per heavy atom. The second-order valence-electron chi connectivity index (χ2n) is 5.86. The van der Waals surface area contributed by atoms with Crippen molar-refractivity contribution in [2.75, 3.05) is 0 Å². The summed E-state index contributed by atoms with van der Waals surface area (Å²) in [5.74, 6) is -1.24. The molecular weight excluding hydrogens is 274 g/mol. The average molecular weight is 293 g/mol. The van der Waals surface area contributed by atoms with Crippen LogP contribution in [-0.4, -0.2) is 17.0 Å². The van der Waals surface area contributed by atoms with Crippen molar-refractivity contribution in [2.24, 2.45) is 23.7 Å². The Morgan fingerprint density at radius 2 is 1.85 bits per heavy atom. The number of carboxylic acid groups (broad SMARTS) is 1. The highest BCUT2D eigenvalue weighted by atomic mass is 32.1. The smallest absolute Gasteiger partial charge is 0.307 e. The van der Waals surface area contributed by atoms with Crippen molar-refractivity contribution in [3.8, 4) is 0 Å². The Kier molecular flexibility index (Phi) is 3.78. The van der Waals surface area contributed by atoms with Crippen LogP contribution in [0.15, 0.2) is 17.5 Å². The molecule has 5 heteroatoms. The lowest BCUT2D eigenvalue weighted by molar-refractivity contribution is -0.158. The molecule has 2 bridgehead atoms. The number of hydrogen-bond acceptors (Lipinski definition) is 3. The fraction of sp³-hybridized carbons (Fsp3) is 0.600. The van der Waals surface area contributed by atoms with E-state index in [1.807, 2.05) is 17.5 Å². The highest BCUT2D eigenvalue weighted by molar-refractivity contribution is 7.09. The fourth-order valence-corrected chi connectivity index (χ4v) is 4.53. The van der Waals surface area contributed by atoms with Crippen molar-refractivity contribution in [1.82, 2.24) is 5.32 Å².